The molecule has 3 N–H and O–H groups in total. The molecule has 1 aromatic heterocycles. The van der Waals surface area contributed by atoms with Crippen LogP contribution < -0.4 is 16.0 Å². The molecule has 1 saturated heterocycles. The fraction of sp³-hybridized carbons (Fsp3) is 0.556. The Morgan fingerprint density at radius 1 is 1.13 bits per heavy atom. The molecule has 0 saturated carbocycles. The predicted molar refractivity (Wildman–Crippen MR) is 145 cm³/mol. The molecule has 1 aromatic carbocycles. The molecule has 2 heterocycles. The van der Waals surface area contributed by atoms with Gasteiger partial charge >= 0.3 is 0 Å². The first kappa shape index (κ1) is 30.1. The molecule has 39 heavy (non-hydrogen) atoms. The van der Waals surface area contributed by atoms with Crippen molar-refractivity contribution < 1.29 is 23.7 Å². The lowest BCUT2D eigenvalue weighted by atomic mass is 10.0. The van der Waals surface area contributed by atoms with Crippen LogP contribution in [-0.4, -0.2) is 70.4 Å². The molecule has 0 aliphatic carbocycles. The Labute approximate surface area is 233 Å². The molecule has 4 amide bonds. The first-order valence-corrected chi connectivity index (χ1v) is 13.8. The van der Waals surface area contributed by atoms with Gasteiger partial charge in [0, 0.05) is 44.5 Å². The average Bonchev–Trinajstić information content (AvgIpc) is 3.36. The van der Waals surface area contributed by atoms with Gasteiger partial charge in [0.05, 0.1) is 5.02 Å². The smallest absolute Gasteiger partial charge is 0.242 e. The number of benzene rings is 1. The summed E-state index contributed by atoms with van der Waals surface area (Å²) in [5.74, 6) is -0.349. The molecule has 0 radical (unpaired) electrons. The Hall–Kier alpha value is -3.47. The highest BCUT2D eigenvalue weighted by atomic mass is 35.5. The monoisotopic (exact) mass is 560 g/mol. The van der Waals surface area contributed by atoms with Crippen molar-refractivity contribution in [3.63, 3.8) is 0 Å². The number of carbonyl (C=O) groups is 4. The van der Waals surface area contributed by atoms with E-state index in [1.165, 1.54) is 0 Å². The Morgan fingerprint density at radius 2 is 1.87 bits per heavy atom. The highest BCUT2D eigenvalue weighted by Crippen LogP contribution is 2.25. The van der Waals surface area contributed by atoms with Gasteiger partial charge in [-0.25, -0.2) is 0 Å². The van der Waals surface area contributed by atoms with Crippen LogP contribution in [-0.2, 0) is 25.6 Å². The molecular formula is C27H37ClN6O5. The molecule has 2 atom stereocenters. The van der Waals surface area contributed by atoms with Gasteiger partial charge in [0.1, 0.15) is 12.1 Å². The maximum atomic E-state index is 13.0. The van der Waals surface area contributed by atoms with Gasteiger partial charge in [-0.05, 0) is 44.2 Å². The van der Waals surface area contributed by atoms with E-state index < -0.39 is 18.0 Å². The lowest BCUT2D eigenvalue weighted by Crippen LogP contribution is -2.54. The van der Waals surface area contributed by atoms with Crippen molar-refractivity contribution >= 4 is 35.2 Å². The maximum absolute atomic E-state index is 13.0. The van der Waals surface area contributed by atoms with Crippen molar-refractivity contribution in [2.24, 2.45) is 5.92 Å². The number of amides is 4. The summed E-state index contributed by atoms with van der Waals surface area (Å²) < 4.78 is 5.33. The molecule has 2 aromatic rings. The third-order valence-electron chi connectivity index (χ3n) is 6.47. The van der Waals surface area contributed by atoms with E-state index in [9.17, 15) is 19.2 Å². The Bertz CT molecular complexity index is 1150. The van der Waals surface area contributed by atoms with Crippen molar-refractivity contribution in [3.05, 3.63) is 35.2 Å². The van der Waals surface area contributed by atoms with Crippen LogP contribution in [0.5, 0.6) is 0 Å². The minimum absolute atomic E-state index is 0.0536. The normalized spacial score (nSPS) is 20.0. The van der Waals surface area contributed by atoms with Crippen molar-refractivity contribution in [2.75, 3.05) is 19.6 Å². The van der Waals surface area contributed by atoms with Crippen LogP contribution in [0.2, 0.25) is 5.02 Å². The number of hydrogen-bond acceptors (Lipinski definition) is 7. The fourth-order valence-electron chi connectivity index (χ4n) is 4.23. The van der Waals surface area contributed by atoms with Crippen LogP contribution in [0, 0.1) is 5.92 Å². The average molecular weight is 561 g/mol. The summed E-state index contributed by atoms with van der Waals surface area (Å²) >= 11 is 6.20. The Kier molecular flexibility index (Phi) is 11.3. The minimum atomic E-state index is -0.780. The molecule has 0 unspecified atom stereocenters. The molecule has 0 bridgehead atoms. The van der Waals surface area contributed by atoms with Gasteiger partial charge in [-0.15, -0.1) is 0 Å². The van der Waals surface area contributed by atoms with E-state index in [-0.39, 0.29) is 36.5 Å². The van der Waals surface area contributed by atoms with Crippen LogP contribution in [0.15, 0.2) is 28.8 Å². The van der Waals surface area contributed by atoms with Crippen molar-refractivity contribution in [1.82, 2.24) is 31.0 Å². The third kappa shape index (κ3) is 9.05. The summed E-state index contributed by atoms with van der Waals surface area (Å²) in [6, 6.07) is 5.72. The number of nitrogens with zero attached hydrogens (tertiary/aromatic N) is 3. The number of carbonyl (C=O) groups excluding carboxylic acids is 4. The van der Waals surface area contributed by atoms with Gasteiger partial charge in [0.25, 0.3) is 0 Å². The standard InChI is InChI=1S/C27H37ClN6O5/c1-17(2)24-27(38)29-14-8-16-34(15-7-11-21(35)30-18(3)26(37)32-24)23(36)13-6-12-22-31-25(33-39-22)19-9-4-5-10-20(19)28/h4-5,9-10,17-18,24H,6-8,11-16H2,1-3H3,(H,29,38)(H,30,35)(H,32,37)/t18-,24-/m1/s1. The van der Waals surface area contributed by atoms with Crippen LogP contribution in [0.4, 0.5) is 0 Å². The van der Waals surface area contributed by atoms with Crippen molar-refractivity contribution in [3.8, 4) is 11.4 Å². The molecule has 212 valence electrons. The largest absolute Gasteiger partial charge is 0.354 e. The van der Waals surface area contributed by atoms with Gasteiger partial charge in [0.15, 0.2) is 0 Å². The van der Waals surface area contributed by atoms with Crippen molar-refractivity contribution in [2.45, 2.75) is 71.4 Å². The summed E-state index contributed by atoms with van der Waals surface area (Å²) in [5, 5.41) is 12.8. The highest BCUT2D eigenvalue weighted by Gasteiger charge is 2.27. The topological polar surface area (TPSA) is 147 Å². The summed E-state index contributed by atoms with van der Waals surface area (Å²) in [7, 11) is 0. The quantitative estimate of drug-likeness (QED) is 0.492. The number of aromatic nitrogens is 2. The fourth-order valence-corrected chi connectivity index (χ4v) is 4.45. The first-order valence-electron chi connectivity index (χ1n) is 13.4. The number of halogens is 1. The highest BCUT2D eigenvalue weighted by molar-refractivity contribution is 6.33. The summed E-state index contributed by atoms with van der Waals surface area (Å²) in [6.45, 7) is 6.46. The van der Waals surface area contributed by atoms with Crippen molar-refractivity contribution in [1.29, 1.82) is 0 Å². The van der Waals surface area contributed by atoms with Crippen LogP contribution >= 0.6 is 11.6 Å². The molecule has 1 aliphatic rings. The lowest BCUT2D eigenvalue weighted by molar-refractivity contribution is -0.132. The van der Waals surface area contributed by atoms with Gasteiger partial charge < -0.3 is 25.4 Å². The van der Waals surface area contributed by atoms with E-state index in [0.29, 0.717) is 67.6 Å². The molecule has 3 rings (SSSR count). The van der Waals surface area contributed by atoms with Crippen LogP contribution in [0.1, 0.15) is 58.8 Å². The molecular weight excluding hydrogens is 524 g/mol. The SMILES string of the molecule is CC(C)[C@H]1NC(=O)[C@@H](C)NC(=O)CCCN(C(=O)CCCc2nc(-c3ccccc3Cl)no2)CCCNC1=O. The van der Waals surface area contributed by atoms with Gasteiger partial charge in [-0.2, -0.15) is 4.98 Å². The zero-order valence-electron chi connectivity index (χ0n) is 22.7. The molecule has 0 spiro atoms. The zero-order chi connectivity index (χ0) is 28.4. The second-order valence-electron chi connectivity index (χ2n) is 9.99. The molecule has 1 aliphatic heterocycles. The summed E-state index contributed by atoms with van der Waals surface area (Å²) in [6.07, 6.45) is 2.40. The van der Waals surface area contributed by atoms with Gasteiger partial charge in [0.2, 0.25) is 35.3 Å². The molecule has 12 heteroatoms. The second-order valence-corrected chi connectivity index (χ2v) is 10.4. The number of rotatable bonds is 6. The lowest BCUT2D eigenvalue weighted by Gasteiger charge is -2.24. The van der Waals surface area contributed by atoms with Gasteiger partial charge in [-0.3, -0.25) is 19.2 Å². The van der Waals surface area contributed by atoms with Gasteiger partial charge in [-0.1, -0.05) is 42.7 Å². The van der Waals surface area contributed by atoms with Crippen LogP contribution in [0.25, 0.3) is 11.4 Å². The first-order chi connectivity index (χ1) is 18.7. The van der Waals surface area contributed by atoms with E-state index >= 15 is 0 Å². The summed E-state index contributed by atoms with van der Waals surface area (Å²) in [5.41, 5.74) is 0.678. The maximum Gasteiger partial charge on any atom is 0.242 e. The number of nitrogens with one attached hydrogen (secondary N) is 3. The predicted octanol–water partition coefficient (Wildman–Crippen LogP) is 2.49. The van der Waals surface area contributed by atoms with E-state index in [2.05, 4.69) is 26.1 Å². The molecule has 1 fully saturated rings. The minimum Gasteiger partial charge on any atom is -0.354 e. The van der Waals surface area contributed by atoms with E-state index in [1.54, 1.807) is 17.9 Å². The Morgan fingerprint density at radius 3 is 2.62 bits per heavy atom. The number of hydrogen-bond donors (Lipinski definition) is 3. The van der Waals surface area contributed by atoms with E-state index in [0.717, 1.165) is 0 Å². The Balaban J connectivity index is 1.57. The van der Waals surface area contributed by atoms with E-state index in [4.69, 9.17) is 16.1 Å². The number of aryl methyl sites for hydroxylation is 1. The van der Waals surface area contributed by atoms with E-state index in [1.807, 2.05) is 32.0 Å². The summed E-state index contributed by atoms with van der Waals surface area (Å²) in [4.78, 5) is 56.7. The third-order valence-corrected chi connectivity index (χ3v) is 6.80. The molecule has 11 nitrogen and oxygen atoms in total. The second kappa shape index (κ2) is 14.6. The van der Waals surface area contributed by atoms with Crippen LogP contribution in [0.3, 0.4) is 0 Å². The zero-order valence-corrected chi connectivity index (χ0v) is 23.4.